The number of carbonyl (C=O) groups is 3. The molecule has 0 heterocycles. The first-order valence-corrected chi connectivity index (χ1v) is 8.44. The zero-order valence-electron chi connectivity index (χ0n) is 15.7. The smallest absolute Gasteiger partial charge is 0.339 e. The van der Waals surface area contributed by atoms with Crippen molar-refractivity contribution in [2.75, 3.05) is 19.5 Å². The third kappa shape index (κ3) is 4.85. The Labute approximate surface area is 161 Å². The number of rotatable bonds is 7. The number of methoxy groups -OCH3 is 2. The summed E-state index contributed by atoms with van der Waals surface area (Å²) in [4.78, 5) is 36.4. The number of anilines is 1. The molecule has 0 radical (unpaired) electrons. The lowest BCUT2D eigenvalue weighted by Gasteiger charge is -2.19. The van der Waals surface area contributed by atoms with Gasteiger partial charge < -0.3 is 19.5 Å². The number of nitrogens with one attached hydrogen (secondary N) is 1. The van der Waals surface area contributed by atoms with E-state index in [0.29, 0.717) is 0 Å². The highest BCUT2D eigenvalue weighted by Crippen LogP contribution is 2.22. The van der Waals surface area contributed by atoms with Crippen LogP contribution in [0.5, 0.6) is 5.75 Å². The molecule has 1 amide bonds. The molecule has 8 heteroatoms. The number of para-hydroxylation sites is 1. The minimum absolute atomic E-state index is 0.0456. The van der Waals surface area contributed by atoms with Crippen molar-refractivity contribution in [3.63, 3.8) is 0 Å². The van der Waals surface area contributed by atoms with E-state index in [1.807, 2.05) is 0 Å². The molecule has 1 atom stereocenters. The van der Waals surface area contributed by atoms with E-state index in [1.54, 1.807) is 13.0 Å². The Bertz CT molecular complexity index is 883. The lowest BCUT2D eigenvalue weighted by molar-refractivity contribution is -0.122. The average molecular weight is 389 g/mol. The van der Waals surface area contributed by atoms with Crippen LogP contribution in [0.25, 0.3) is 0 Å². The van der Waals surface area contributed by atoms with E-state index in [-0.39, 0.29) is 29.0 Å². The number of hydrogen-bond acceptors (Lipinski definition) is 6. The van der Waals surface area contributed by atoms with Crippen LogP contribution in [0.1, 0.15) is 34.1 Å². The lowest BCUT2D eigenvalue weighted by Crippen LogP contribution is -2.33. The summed E-state index contributed by atoms with van der Waals surface area (Å²) in [6, 6.07) is 9.72. The van der Waals surface area contributed by atoms with Gasteiger partial charge in [-0.15, -0.1) is 0 Å². The highest BCUT2D eigenvalue weighted by atomic mass is 19.1. The van der Waals surface area contributed by atoms with Crippen LogP contribution in [0, 0.1) is 5.82 Å². The maximum atomic E-state index is 13.8. The summed E-state index contributed by atoms with van der Waals surface area (Å²) in [5.74, 6) is -2.62. The lowest BCUT2D eigenvalue weighted by atomic mass is 10.1. The van der Waals surface area contributed by atoms with Gasteiger partial charge in [-0.05, 0) is 36.8 Å². The minimum Gasteiger partial charge on any atom is -0.478 e. The van der Waals surface area contributed by atoms with Crippen molar-refractivity contribution in [2.24, 2.45) is 0 Å². The molecule has 0 saturated carbocycles. The third-order valence-electron chi connectivity index (χ3n) is 3.87. The molecule has 0 fully saturated rings. The molecule has 148 valence electrons. The molecule has 2 rings (SSSR count). The van der Waals surface area contributed by atoms with E-state index >= 15 is 0 Å². The monoisotopic (exact) mass is 389 g/mol. The SMILES string of the molecule is CC[C@@H](Oc1ccccc1F)C(=O)Nc1cc(C(=O)OC)ccc1C(=O)OC. The van der Waals surface area contributed by atoms with Gasteiger partial charge in [-0.2, -0.15) is 0 Å². The normalized spacial score (nSPS) is 11.3. The van der Waals surface area contributed by atoms with Gasteiger partial charge in [0.15, 0.2) is 17.7 Å². The van der Waals surface area contributed by atoms with E-state index in [0.717, 1.165) is 0 Å². The number of carbonyl (C=O) groups excluding carboxylic acids is 3. The van der Waals surface area contributed by atoms with Crippen LogP contribution < -0.4 is 10.1 Å². The quantitative estimate of drug-likeness (QED) is 0.732. The average Bonchev–Trinajstić information content (AvgIpc) is 2.71. The Kier molecular flexibility index (Phi) is 7.08. The van der Waals surface area contributed by atoms with Gasteiger partial charge in [0.1, 0.15) is 0 Å². The van der Waals surface area contributed by atoms with E-state index in [1.165, 1.54) is 50.6 Å². The molecule has 0 bridgehead atoms. The molecule has 0 saturated heterocycles. The van der Waals surface area contributed by atoms with Crippen LogP contribution in [0.2, 0.25) is 0 Å². The Morgan fingerprint density at radius 3 is 2.32 bits per heavy atom. The summed E-state index contributed by atoms with van der Waals surface area (Å²) in [6.07, 6.45) is -0.783. The summed E-state index contributed by atoms with van der Waals surface area (Å²) < 4.78 is 28.6. The molecule has 0 unspecified atom stereocenters. The summed E-state index contributed by atoms with van der Waals surface area (Å²) in [6.45, 7) is 1.69. The maximum Gasteiger partial charge on any atom is 0.339 e. The van der Waals surface area contributed by atoms with Crippen molar-refractivity contribution >= 4 is 23.5 Å². The molecule has 0 aliphatic heterocycles. The number of halogens is 1. The predicted molar refractivity (Wildman–Crippen MR) is 98.9 cm³/mol. The zero-order valence-corrected chi connectivity index (χ0v) is 15.7. The molecular formula is C20H20FNO6. The van der Waals surface area contributed by atoms with Crippen LogP contribution in [0.15, 0.2) is 42.5 Å². The van der Waals surface area contributed by atoms with Gasteiger partial charge in [0.2, 0.25) is 0 Å². The summed E-state index contributed by atoms with van der Waals surface area (Å²) in [7, 11) is 2.41. The molecule has 0 aliphatic carbocycles. The Morgan fingerprint density at radius 1 is 1.04 bits per heavy atom. The molecule has 7 nitrogen and oxygen atoms in total. The number of hydrogen-bond donors (Lipinski definition) is 1. The molecule has 0 aromatic heterocycles. The first-order valence-electron chi connectivity index (χ1n) is 8.44. The van der Waals surface area contributed by atoms with E-state index in [4.69, 9.17) is 9.47 Å². The second-order valence-corrected chi connectivity index (χ2v) is 5.68. The highest BCUT2D eigenvalue weighted by Gasteiger charge is 2.23. The first-order chi connectivity index (χ1) is 13.4. The Hall–Kier alpha value is -3.42. The molecule has 1 N–H and O–H groups in total. The topological polar surface area (TPSA) is 90.9 Å². The van der Waals surface area contributed by atoms with Crippen molar-refractivity contribution in [2.45, 2.75) is 19.4 Å². The van der Waals surface area contributed by atoms with Crippen molar-refractivity contribution in [1.82, 2.24) is 0 Å². The highest BCUT2D eigenvalue weighted by molar-refractivity contribution is 6.04. The van der Waals surface area contributed by atoms with Crippen molar-refractivity contribution < 1.29 is 33.0 Å². The fourth-order valence-corrected chi connectivity index (χ4v) is 2.41. The van der Waals surface area contributed by atoms with Crippen LogP contribution in [-0.2, 0) is 14.3 Å². The minimum atomic E-state index is -1.02. The second-order valence-electron chi connectivity index (χ2n) is 5.68. The van der Waals surface area contributed by atoms with Crippen LogP contribution in [0.3, 0.4) is 0 Å². The first kappa shape index (κ1) is 20.9. The van der Waals surface area contributed by atoms with Crippen molar-refractivity contribution in [3.8, 4) is 5.75 Å². The number of esters is 2. The molecule has 2 aromatic rings. The molecule has 0 spiro atoms. The van der Waals surface area contributed by atoms with Crippen LogP contribution in [-0.4, -0.2) is 38.2 Å². The van der Waals surface area contributed by atoms with Gasteiger partial charge in [-0.3, -0.25) is 4.79 Å². The van der Waals surface area contributed by atoms with Gasteiger partial charge in [-0.1, -0.05) is 19.1 Å². The summed E-state index contributed by atoms with van der Waals surface area (Å²) in [5, 5.41) is 2.54. The Balaban J connectivity index is 2.30. The maximum absolute atomic E-state index is 13.8. The zero-order chi connectivity index (χ0) is 20.7. The van der Waals surface area contributed by atoms with Crippen molar-refractivity contribution in [1.29, 1.82) is 0 Å². The van der Waals surface area contributed by atoms with E-state index in [9.17, 15) is 18.8 Å². The van der Waals surface area contributed by atoms with Gasteiger partial charge in [0.25, 0.3) is 5.91 Å². The number of benzene rings is 2. The number of ether oxygens (including phenoxy) is 3. The molecular weight excluding hydrogens is 369 g/mol. The van der Waals surface area contributed by atoms with Gasteiger partial charge in [0, 0.05) is 0 Å². The van der Waals surface area contributed by atoms with Gasteiger partial charge in [0.05, 0.1) is 31.0 Å². The van der Waals surface area contributed by atoms with E-state index in [2.05, 4.69) is 10.1 Å². The van der Waals surface area contributed by atoms with Crippen LogP contribution in [0.4, 0.5) is 10.1 Å². The fraction of sp³-hybridized carbons (Fsp3) is 0.250. The Morgan fingerprint density at radius 2 is 1.71 bits per heavy atom. The summed E-state index contributed by atoms with van der Waals surface area (Å²) >= 11 is 0. The molecule has 0 aliphatic rings. The largest absolute Gasteiger partial charge is 0.478 e. The predicted octanol–water partition coefficient (Wildman–Crippen LogP) is 3.20. The fourth-order valence-electron chi connectivity index (χ4n) is 2.41. The van der Waals surface area contributed by atoms with Gasteiger partial charge >= 0.3 is 11.9 Å². The standard InChI is InChI=1S/C20H20FNO6/c1-4-16(28-17-8-6-5-7-14(17)21)18(23)22-15-11-12(19(24)26-2)9-10-13(15)20(25)27-3/h5-11,16H,4H2,1-3H3,(H,22,23)/t16-/m1/s1. The molecule has 2 aromatic carbocycles. The van der Waals surface area contributed by atoms with Crippen LogP contribution >= 0.6 is 0 Å². The third-order valence-corrected chi connectivity index (χ3v) is 3.87. The van der Waals surface area contributed by atoms with Gasteiger partial charge in [-0.25, -0.2) is 14.0 Å². The second kappa shape index (κ2) is 9.50. The van der Waals surface area contributed by atoms with Crippen molar-refractivity contribution in [3.05, 3.63) is 59.4 Å². The molecule has 28 heavy (non-hydrogen) atoms. The summed E-state index contributed by atoms with van der Waals surface area (Å²) in [5.41, 5.74) is 0.230. The number of amides is 1. The van der Waals surface area contributed by atoms with E-state index < -0.39 is 29.8 Å².